The molecule has 3 rings (SSSR count). The fraction of sp³-hybridized carbons (Fsp3) is 0.344. The molecule has 3 aromatic rings. The van der Waals surface area contributed by atoms with E-state index in [2.05, 4.69) is 31.5 Å². The second-order valence-electron chi connectivity index (χ2n) is 9.02. The van der Waals surface area contributed by atoms with Gasteiger partial charge < -0.3 is 9.47 Å². The Morgan fingerprint density at radius 3 is 2.33 bits per heavy atom. The van der Waals surface area contributed by atoms with Gasteiger partial charge in [0.15, 0.2) is 0 Å². The van der Waals surface area contributed by atoms with E-state index < -0.39 is 0 Å². The Morgan fingerprint density at radius 2 is 1.67 bits per heavy atom. The van der Waals surface area contributed by atoms with E-state index >= 15 is 0 Å². The van der Waals surface area contributed by atoms with E-state index in [0.29, 0.717) is 18.1 Å². The number of unbranched alkanes of at least 4 members (excludes halogenated alkanes) is 3. The van der Waals surface area contributed by atoms with Crippen molar-refractivity contribution in [2.75, 3.05) is 13.2 Å². The van der Waals surface area contributed by atoms with E-state index in [1.54, 1.807) is 18.3 Å². The summed E-state index contributed by atoms with van der Waals surface area (Å²) in [6.45, 7) is 9.25. The van der Waals surface area contributed by atoms with Crippen molar-refractivity contribution in [1.29, 1.82) is 0 Å². The van der Waals surface area contributed by atoms with Gasteiger partial charge in [-0.05, 0) is 61.4 Å². The first-order chi connectivity index (χ1) is 17.6. The lowest BCUT2D eigenvalue weighted by Gasteiger charge is -2.12. The molecule has 36 heavy (non-hydrogen) atoms. The third-order valence-corrected chi connectivity index (χ3v) is 6.07. The molecule has 0 radical (unpaired) electrons. The molecule has 0 saturated carbocycles. The van der Waals surface area contributed by atoms with Crippen LogP contribution in [-0.2, 0) is 4.74 Å². The van der Waals surface area contributed by atoms with Gasteiger partial charge in [-0.1, -0.05) is 81.0 Å². The van der Waals surface area contributed by atoms with Gasteiger partial charge in [0, 0.05) is 30.0 Å². The molecule has 1 unspecified atom stereocenters. The first-order valence-electron chi connectivity index (χ1n) is 13.0. The second-order valence-corrected chi connectivity index (χ2v) is 9.02. The minimum Gasteiger partial charge on any atom is -0.473 e. The molecule has 0 spiro atoms. The highest BCUT2D eigenvalue weighted by Gasteiger charge is 2.06. The number of benzene rings is 2. The van der Waals surface area contributed by atoms with Crippen molar-refractivity contribution in [1.82, 2.24) is 4.98 Å². The summed E-state index contributed by atoms with van der Waals surface area (Å²) in [6, 6.07) is 17.3. The number of hydrogen-bond donors (Lipinski definition) is 0. The van der Waals surface area contributed by atoms with Crippen LogP contribution in [0, 0.1) is 5.82 Å². The molecule has 3 nitrogen and oxygen atoms in total. The molecule has 0 aliphatic carbocycles. The molecule has 190 valence electrons. The number of pyridine rings is 1. The average molecular weight is 488 g/mol. The summed E-state index contributed by atoms with van der Waals surface area (Å²) < 4.78 is 26.0. The van der Waals surface area contributed by atoms with Crippen molar-refractivity contribution in [3.8, 4) is 28.1 Å². The zero-order valence-electron chi connectivity index (χ0n) is 21.6. The maximum absolute atomic E-state index is 14.7. The summed E-state index contributed by atoms with van der Waals surface area (Å²) in [4.78, 5) is 4.32. The lowest BCUT2D eigenvalue weighted by Crippen LogP contribution is -2.08. The molecule has 4 heteroatoms. The number of allylic oxidation sites excluding steroid dienone is 1. The zero-order valence-corrected chi connectivity index (χ0v) is 21.6. The normalized spacial score (nSPS) is 12.1. The lowest BCUT2D eigenvalue weighted by atomic mass is 10.00. The summed E-state index contributed by atoms with van der Waals surface area (Å²) in [7, 11) is 0. The van der Waals surface area contributed by atoms with Crippen molar-refractivity contribution >= 4 is 6.08 Å². The fourth-order valence-electron chi connectivity index (χ4n) is 3.93. The van der Waals surface area contributed by atoms with Gasteiger partial charge in [0.25, 0.3) is 0 Å². The highest BCUT2D eigenvalue weighted by Crippen LogP contribution is 2.27. The van der Waals surface area contributed by atoms with E-state index in [0.717, 1.165) is 54.5 Å². The highest BCUT2D eigenvalue weighted by atomic mass is 19.1. The summed E-state index contributed by atoms with van der Waals surface area (Å²) in [5, 5.41) is 0. The molecule has 0 N–H and O–H groups in total. The van der Waals surface area contributed by atoms with Crippen molar-refractivity contribution < 1.29 is 13.9 Å². The number of halogens is 1. The van der Waals surface area contributed by atoms with Gasteiger partial charge in [0.1, 0.15) is 12.4 Å². The Kier molecular flexibility index (Phi) is 11.4. The van der Waals surface area contributed by atoms with Gasteiger partial charge in [-0.2, -0.15) is 0 Å². The maximum Gasteiger partial charge on any atom is 0.213 e. The smallest absolute Gasteiger partial charge is 0.213 e. The van der Waals surface area contributed by atoms with Gasteiger partial charge in [0.05, 0.1) is 6.10 Å². The summed E-state index contributed by atoms with van der Waals surface area (Å²) >= 11 is 0. The Balaban J connectivity index is 1.51. The van der Waals surface area contributed by atoms with Crippen LogP contribution in [0.4, 0.5) is 4.39 Å². The largest absolute Gasteiger partial charge is 0.473 e. The molecule has 0 bridgehead atoms. The van der Waals surface area contributed by atoms with Crippen LogP contribution < -0.4 is 4.74 Å². The highest BCUT2D eigenvalue weighted by molar-refractivity contribution is 5.71. The summed E-state index contributed by atoms with van der Waals surface area (Å²) in [5.74, 6) is 0.362. The number of ether oxygens (including phenoxy) is 2. The molecule has 2 aromatic carbocycles. The van der Waals surface area contributed by atoms with Crippen molar-refractivity contribution in [2.45, 2.75) is 58.5 Å². The first-order valence-corrected chi connectivity index (χ1v) is 13.0. The Hall–Kier alpha value is -3.24. The first kappa shape index (κ1) is 27.3. The van der Waals surface area contributed by atoms with Crippen molar-refractivity contribution in [3.05, 3.63) is 90.9 Å². The molecule has 0 aliphatic rings. The molecule has 0 saturated heterocycles. The SMILES string of the molecule is C=CCOc1ccc(-c2ccc(-c3ccc(C=CCCCC(C)OCCCCC)c(F)c3)cc2)cn1. The van der Waals surface area contributed by atoms with Crippen LogP contribution in [0.1, 0.15) is 57.9 Å². The second kappa shape index (κ2) is 15.0. The lowest BCUT2D eigenvalue weighted by molar-refractivity contribution is 0.0566. The Labute approximate surface area is 215 Å². The van der Waals surface area contributed by atoms with Crippen molar-refractivity contribution in [2.24, 2.45) is 0 Å². The van der Waals surface area contributed by atoms with Crippen LogP contribution in [0.5, 0.6) is 5.88 Å². The van der Waals surface area contributed by atoms with E-state index in [1.165, 1.54) is 12.8 Å². The fourth-order valence-corrected chi connectivity index (χ4v) is 3.93. The minimum absolute atomic E-state index is 0.209. The van der Waals surface area contributed by atoms with Crippen LogP contribution >= 0.6 is 0 Å². The Bertz CT molecular complexity index is 1090. The quantitative estimate of drug-likeness (QED) is 0.158. The average Bonchev–Trinajstić information content (AvgIpc) is 2.91. The Morgan fingerprint density at radius 1 is 0.944 bits per heavy atom. The van der Waals surface area contributed by atoms with E-state index in [1.807, 2.05) is 54.6 Å². The van der Waals surface area contributed by atoms with Crippen LogP contribution in [0.15, 0.2) is 79.5 Å². The standard InChI is InChI=1S/C32H38FNO2/c1-4-6-10-22-35-25(3)11-8-7-9-12-28-17-18-29(23-31(28)33)26-13-15-27(16-14-26)30-19-20-32(34-24-30)36-21-5-2/h5,9,12-20,23-25H,2,4,6-8,10-11,21-22H2,1,3H3. The third kappa shape index (κ3) is 8.76. The summed E-state index contributed by atoms with van der Waals surface area (Å²) in [6.07, 6.45) is 14.3. The van der Waals surface area contributed by atoms with Gasteiger partial charge in [-0.25, -0.2) is 9.37 Å². The maximum atomic E-state index is 14.7. The number of aromatic nitrogens is 1. The molecular weight excluding hydrogens is 449 g/mol. The van der Waals surface area contributed by atoms with E-state index in [-0.39, 0.29) is 11.9 Å². The van der Waals surface area contributed by atoms with Crippen LogP contribution in [0.25, 0.3) is 28.3 Å². The predicted molar refractivity (Wildman–Crippen MR) is 149 cm³/mol. The monoisotopic (exact) mass is 487 g/mol. The molecule has 1 heterocycles. The number of nitrogens with zero attached hydrogens (tertiary/aromatic N) is 1. The van der Waals surface area contributed by atoms with Gasteiger partial charge in [-0.15, -0.1) is 0 Å². The molecule has 0 fully saturated rings. The van der Waals surface area contributed by atoms with Gasteiger partial charge >= 0.3 is 0 Å². The molecule has 1 atom stereocenters. The third-order valence-electron chi connectivity index (χ3n) is 6.07. The predicted octanol–water partition coefficient (Wildman–Crippen LogP) is 8.90. The van der Waals surface area contributed by atoms with Crippen LogP contribution in [-0.4, -0.2) is 24.3 Å². The molecule has 0 aliphatic heterocycles. The van der Waals surface area contributed by atoms with Gasteiger partial charge in [-0.3, -0.25) is 0 Å². The van der Waals surface area contributed by atoms with Crippen molar-refractivity contribution in [3.63, 3.8) is 0 Å². The van der Waals surface area contributed by atoms with E-state index in [4.69, 9.17) is 9.47 Å². The topological polar surface area (TPSA) is 31.4 Å². The van der Waals surface area contributed by atoms with Gasteiger partial charge in [0.2, 0.25) is 5.88 Å². The minimum atomic E-state index is -0.209. The van der Waals surface area contributed by atoms with Crippen LogP contribution in [0.3, 0.4) is 0 Å². The zero-order chi connectivity index (χ0) is 25.6. The van der Waals surface area contributed by atoms with Crippen LogP contribution in [0.2, 0.25) is 0 Å². The molecule has 1 aromatic heterocycles. The molecular formula is C32H38FNO2. The van der Waals surface area contributed by atoms with E-state index in [9.17, 15) is 4.39 Å². The number of hydrogen-bond acceptors (Lipinski definition) is 3. The number of rotatable bonds is 15. The molecule has 0 amide bonds. The summed E-state index contributed by atoms with van der Waals surface area (Å²) in [5.41, 5.74) is 4.49.